The molecule has 2 saturated carbocycles. The number of nitrogens with one attached hydrogen (secondary N) is 1. The van der Waals surface area contributed by atoms with Crippen molar-refractivity contribution in [3.8, 4) is 0 Å². The van der Waals surface area contributed by atoms with Crippen molar-refractivity contribution in [2.75, 3.05) is 0 Å². The largest absolute Gasteiger partial charge is 0.352 e. The molecule has 0 saturated heterocycles. The monoisotopic (exact) mass is 168 g/mol. The Labute approximate surface area is 72.7 Å². The summed E-state index contributed by atoms with van der Waals surface area (Å²) in [4.78, 5) is 11.5. The van der Waals surface area contributed by atoms with Gasteiger partial charge < -0.3 is 11.1 Å². The van der Waals surface area contributed by atoms with Gasteiger partial charge in [0.05, 0.1) is 5.54 Å². The molecular formula is C9H16N2O. The van der Waals surface area contributed by atoms with Crippen LogP contribution >= 0.6 is 0 Å². The van der Waals surface area contributed by atoms with Gasteiger partial charge in [-0.05, 0) is 38.5 Å². The lowest BCUT2D eigenvalue weighted by molar-refractivity contribution is -0.130. The molecule has 68 valence electrons. The second-order valence-corrected chi connectivity index (χ2v) is 4.11. The van der Waals surface area contributed by atoms with Gasteiger partial charge >= 0.3 is 0 Å². The van der Waals surface area contributed by atoms with Crippen molar-refractivity contribution in [2.45, 2.75) is 50.1 Å². The average molecular weight is 168 g/mol. The van der Waals surface area contributed by atoms with Crippen LogP contribution in [0.2, 0.25) is 0 Å². The minimum Gasteiger partial charge on any atom is -0.352 e. The Bertz CT molecular complexity index is 195. The topological polar surface area (TPSA) is 55.1 Å². The van der Waals surface area contributed by atoms with Crippen LogP contribution in [-0.2, 0) is 4.79 Å². The zero-order valence-electron chi connectivity index (χ0n) is 7.31. The summed E-state index contributed by atoms with van der Waals surface area (Å²) in [6.07, 6.45) is 6.37. The molecule has 0 aromatic rings. The van der Waals surface area contributed by atoms with E-state index in [1.165, 1.54) is 6.42 Å². The molecule has 0 aliphatic heterocycles. The summed E-state index contributed by atoms with van der Waals surface area (Å²) in [6, 6.07) is 0.429. The highest BCUT2D eigenvalue weighted by molar-refractivity contribution is 5.87. The second kappa shape index (κ2) is 2.73. The minimum absolute atomic E-state index is 0.0819. The summed E-state index contributed by atoms with van der Waals surface area (Å²) < 4.78 is 0. The van der Waals surface area contributed by atoms with Crippen LogP contribution < -0.4 is 11.1 Å². The Hall–Kier alpha value is -0.570. The first kappa shape index (κ1) is 8.05. The highest BCUT2D eigenvalue weighted by Crippen LogP contribution is 2.30. The van der Waals surface area contributed by atoms with Crippen LogP contribution in [0.3, 0.4) is 0 Å². The molecule has 3 nitrogen and oxygen atoms in total. The van der Waals surface area contributed by atoms with Crippen LogP contribution in [0.1, 0.15) is 38.5 Å². The first-order chi connectivity index (χ1) is 5.71. The summed E-state index contributed by atoms with van der Waals surface area (Å²) >= 11 is 0. The number of carbonyl (C=O) groups is 1. The molecule has 0 aromatic heterocycles. The third kappa shape index (κ3) is 1.22. The molecule has 0 heterocycles. The normalized spacial score (nSPS) is 27.1. The van der Waals surface area contributed by atoms with E-state index in [0.717, 1.165) is 32.1 Å². The van der Waals surface area contributed by atoms with Crippen molar-refractivity contribution >= 4 is 5.91 Å². The van der Waals surface area contributed by atoms with E-state index in [1.54, 1.807) is 0 Å². The van der Waals surface area contributed by atoms with Crippen molar-refractivity contribution in [3.63, 3.8) is 0 Å². The highest BCUT2D eigenvalue weighted by atomic mass is 16.2. The van der Waals surface area contributed by atoms with Crippen LogP contribution in [0.5, 0.6) is 0 Å². The van der Waals surface area contributed by atoms with Crippen LogP contribution in [0.4, 0.5) is 0 Å². The van der Waals surface area contributed by atoms with Gasteiger partial charge in [0.2, 0.25) is 5.91 Å². The predicted octanol–water partition coefficient (Wildman–Crippen LogP) is 0.536. The van der Waals surface area contributed by atoms with E-state index in [9.17, 15) is 4.79 Å². The van der Waals surface area contributed by atoms with E-state index in [-0.39, 0.29) is 5.91 Å². The lowest BCUT2D eigenvalue weighted by atomic mass is 9.76. The minimum atomic E-state index is -0.504. The number of amides is 1. The lowest BCUT2D eigenvalue weighted by Crippen LogP contribution is -2.60. The van der Waals surface area contributed by atoms with Crippen molar-refractivity contribution < 1.29 is 4.79 Å². The van der Waals surface area contributed by atoms with Gasteiger partial charge in [0, 0.05) is 6.04 Å². The Morgan fingerprint density at radius 1 is 1.33 bits per heavy atom. The van der Waals surface area contributed by atoms with E-state index in [2.05, 4.69) is 5.32 Å². The Kier molecular flexibility index (Phi) is 1.83. The smallest absolute Gasteiger partial charge is 0.240 e. The number of hydrogen-bond acceptors (Lipinski definition) is 2. The maximum absolute atomic E-state index is 11.5. The van der Waals surface area contributed by atoms with E-state index in [1.807, 2.05) is 0 Å². The highest BCUT2D eigenvalue weighted by Gasteiger charge is 2.41. The molecule has 3 heteroatoms. The molecular weight excluding hydrogens is 152 g/mol. The summed E-state index contributed by atoms with van der Waals surface area (Å²) in [5.41, 5.74) is 5.36. The van der Waals surface area contributed by atoms with Crippen LogP contribution in [-0.4, -0.2) is 17.5 Å². The van der Waals surface area contributed by atoms with Crippen molar-refractivity contribution in [1.29, 1.82) is 0 Å². The maximum Gasteiger partial charge on any atom is 0.240 e. The van der Waals surface area contributed by atoms with E-state index in [4.69, 9.17) is 5.73 Å². The van der Waals surface area contributed by atoms with Crippen LogP contribution in [0, 0.1) is 0 Å². The van der Waals surface area contributed by atoms with E-state index < -0.39 is 5.54 Å². The van der Waals surface area contributed by atoms with Gasteiger partial charge in [-0.25, -0.2) is 0 Å². The molecule has 2 aliphatic carbocycles. The SMILES string of the molecule is NC1(C(=O)NC2CCC2)CCC1. The fourth-order valence-electron chi connectivity index (χ4n) is 1.67. The molecule has 12 heavy (non-hydrogen) atoms. The second-order valence-electron chi connectivity index (χ2n) is 4.11. The Balaban J connectivity index is 1.82. The summed E-state index contributed by atoms with van der Waals surface area (Å²) in [5, 5.41) is 2.99. The van der Waals surface area contributed by atoms with E-state index >= 15 is 0 Å². The van der Waals surface area contributed by atoms with Crippen LogP contribution in [0.15, 0.2) is 0 Å². The summed E-state index contributed by atoms with van der Waals surface area (Å²) in [5.74, 6) is 0.0819. The number of nitrogens with two attached hydrogens (primary N) is 1. The standard InChI is InChI=1S/C9H16N2O/c10-9(5-2-6-9)8(12)11-7-3-1-4-7/h7H,1-6,10H2,(H,11,12). The van der Waals surface area contributed by atoms with Crippen LogP contribution in [0.25, 0.3) is 0 Å². The fraction of sp³-hybridized carbons (Fsp3) is 0.889. The molecule has 0 aromatic carbocycles. The Morgan fingerprint density at radius 3 is 2.33 bits per heavy atom. The molecule has 0 bridgehead atoms. The quantitative estimate of drug-likeness (QED) is 0.632. The maximum atomic E-state index is 11.5. The fourth-order valence-corrected chi connectivity index (χ4v) is 1.67. The molecule has 1 amide bonds. The van der Waals surface area contributed by atoms with Gasteiger partial charge in [-0.2, -0.15) is 0 Å². The molecule has 2 rings (SSSR count). The van der Waals surface area contributed by atoms with Gasteiger partial charge in [-0.3, -0.25) is 4.79 Å². The molecule has 0 unspecified atom stereocenters. The van der Waals surface area contributed by atoms with Crippen molar-refractivity contribution in [2.24, 2.45) is 5.73 Å². The molecule has 2 aliphatic rings. The summed E-state index contributed by atoms with van der Waals surface area (Å²) in [7, 11) is 0. The van der Waals surface area contributed by atoms with Crippen molar-refractivity contribution in [1.82, 2.24) is 5.32 Å². The number of carbonyl (C=O) groups excluding carboxylic acids is 1. The number of hydrogen-bond donors (Lipinski definition) is 2. The van der Waals surface area contributed by atoms with E-state index in [0.29, 0.717) is 6.04 Å². The van der Waals surface area contributed by atoms with Gasteiger partial charge in [0.15, 0.2) is 0 Å². The van der Waals surface area contributed by atoms with Gasteiger partial charge in [0.25, 0.3) is 0 Å². The first-order valence-electron chi connectivity index (χ1n) is 4.81. The third-order valence-electron chi connectivity index (χ3n) is 3.14. The molecule has 3 N–H and O–H groups in total. The average Bonchev–Trinajstić information content (AvgIpc) is 1.91. The van der Waals surface area contributed by atoms with Gasteiger partial charge in [-0.1, -0.05) is 0 Å². The third-order valence-corrected chi connectivity index (χ3v) is 3.14. The first-order valence-corrected chi connectivity index (χ1v) is 4.81. The van der Waals surface area contributed by atoms with Gasteiger partial charge in [-0.15, -0.1) is 0 Å². The zero-order valence-corrected chi connectivity index (χ0v) is 7.31. The number of rotatable bonds is 2. The molecule has 0 radical (unpaired) electrons. The predicted molar refractivity (Wildman–Crippen MR) is 46.6 cm³/mol. The molecule has 0 atom stereocenters. The lowest BCUT2D eigenvalue weighted by Gasteiger charge is -2.39. The van der Waals surface area contributed by atoms with Crippen molar-refractivity contribution in [3.05, 3.63) is 0 Å². The molecule has 2 fully saturated rings. The summed E-state index contributed by atoms with van der Waals surface area (Å²) in [6.45, 7) is 0. The molecule has 0 spiro atoms. The van der Waals surface area contributed by atoms with Gasteiger partial charge in [0.1, 0.15) is 0 Å². The zero-order chi connectivity index (χ0) is 8.60. The Morgan fingerprint density at radius 2 is 2.00 bits per heavy atom.